The minimum absolute atomic E-state index is 0.125. The first kappa shape index (κ1) is 26.0. The zero-order chi connectivity index (χ0) is 15.1. The van der Waals surface area contributed by atoms with E-state index in [9.17, 15) is 0 Å². The number of unbranched alkanes of at least 4 members (excludes halogenated alkanes) is 3. The van der Waals surface area contributed by atoms with Crippen molar-refractivity contribution in [3.63, 3.8) is 0 Å². The Labute approximate surface area is 114 Å². The lowest BCUT2D eigenvalue weighted by Crippen LogP contribution is -1.86. The number of rotatable bonds is 6. The van der Waals surface area contributed by atoms with Crippen LogP contribution in [0, 0.1) is 0 Å². The summed E-state index contributed by atoms with van der Waals surface area (Å²) in [6.07, 6.45) is 8.71. The van der Waals surface area contributed by atoms with E-state index < -0.39 is 0 Å². The highest BCUT2D eigenvalue weighted by Gasteiger charge is 1.83. The van der Waals surface area contributed by atoms with Gasteiger partial charge in [-0.25, -0.2) is 0 Å². The second-order valence-electron chi connectivity index (χ2n) is 3.32. The zero-order valence-electron chi connectivity index (χ0n) is 12.8. The third-order valence-electron chi connectivity index (χ3n) is 1.30. The molecule has 0 bridgehead atoms. The SMILES string of the molecule is C=CC.C=CC.CCCCCCOC.OCCO. The first-order valence-electron chi connectivity index (χ1n) is 6.51. The quantitative estimate of drug-likeness (QED) is 0.568. The molecular formula is C15H34O3. The summed E-state index contributed by atoms with van der Waals surface area (Å²) in [5, 5.41) is 15.2. The Balaban J connectivity index is -0.0000000827. The van der Waals surface area contributed by atoms with Crippen LogP contribution in [0.5, 0.6) is 0 Å². The van der Waals surface area contributed by atoms with Gasteiger partial charge in [-0.05, 0) is 20.3 Å². The fourth-order valence-electron chi connectivity index (χ4n) is 0.673. The highest BCUT2D eigenvalue weighted by molar-refractivity contribution is 4.52. The van der Waals surface area contributed by atoms with Gasteiger partial charge >= 0.3 is 0 Å². The molecule has 0 saturated carbocycles. The third kappa shape index (κ3) is 110. The number of hydrogen-bond donors (Lipinski definition) is 2. The summed E-state index contributed by atoms with van der Waals surface area (Å²) in [6, 6.07) is 0. The van der Waals surface area contributed by atoms with Crippen LogP contribution in [0.3, 0.4) is 0 Å². The maximum Gasteiger partial charge on any atom is 0.0662 e. The molecule has 2 N–H and O–H groups in total. The lowest BCUT2D eigenvalue weighted by Gasteiger charge is -1.95. The molecule has 0 fully saturated rings. The second kappa shape index (κ2) is 44.1. The van der Waals surface area contributed by atoms with E-state index in [4.69, 9.17) is 14.9 Å². The molecule has 0 aromatic rings. The molecule has 0 aromatic carbocycles. The van der Waals surface area contributed by atoms with Crippen LogP contribution in [-0.2, 0) is 4.74 Å². The van der Waals surface area contributed by atoms with Gasteiger partial charge in [-0.1, -0.05) is 38.3 Å². The van der Waals surface area contributed by atoms with Crippen molar-refractivity contribution in [1.29, 1.82) is 0 Å². The monoisotopic (exact) mass is 262 g/mol. The maximum absolute atomic E-state index is 7.62. The van der Waals surface area contributed by atoms with Crippen LogP contribution in [0.2, 0.25) is 0 Å². The number of allylic oxidation sites excluding steroid dienone is 2. The molecule has 0 aromatic heterocycles. The standard InChI is InChI=1S/C7H16O.2C3H6.C2H6O2/c1-3-4-5-6-7-8-2;2*1-3-2;3-1-2-4/h3-7H2,1-2H3;2*3H,1H2,2H3;3-4H,1-2H2. The molecule has 112 valence electrons. The predicted octanol–water partition coefficient (Wildman–Crippen LogP) is 3.57. The van der Waals surface area contributed by atoms with Crippen molar-refractivity contribution >= 4 is 0 Å². The molecule has 0 unspecified atom stereocenters. The van der Waals surface area contributed by atoms with Crippen LogP contribution in [0.15, 0.2) is 25.3 Å². The van der Waals surface area contributed by atoms with E-state index in [0.29, 0.717) is 0 Å². The van der Waals surface area contributed by atoms with Crippen LogP contribution >= 0.6 is 0 Å². The molecule has 0 aliphatic rings. The largest absolute Gasteiger partial charge is 0.394 e. The lowest BCUT2D eigenvalue weighted by molar-refractivity contribution is 0.186. The van der Waals surface area contributed by atoms with E-state index in [1.807, 2.05) is 13.8 Å². The van der Waals surface area contributed by atoms with Crippen LogP contribution in [0.25, 0.3) is 0 Å². The number of aliphatic hydroxyl groups is 2. The molecular weight excluding hydrogens is 228 g/mol. The number of ether oxygens (including phenoxy) is 1. The van der Waals surface area contributed by atoms with Gasteiger partial charge in [0, 0.05) is 13.7 Å². The Kier molecular flexibility index (Phi) is 63.7. The minimum Gasteiger partial charge on any atom is -0.394 e. The van der Waals surface area contributed by atoms with Gasteiger partial charge in [0.25, 0.3) is 0 Å². The van der Waals surface area contributed by atoms with Gasteiger partial charge in [0.05, 0.1) is 13.2 Å². The highest BCUT2D eigenvalue weighted by Crippen LogP contribution is 1.97. The van der Waals surface area contributed by atoms with Crippen molar-refractivity contribution in [2.45, 2.75) is 46.5 Å². The topological polar surface area (TPSA) is 49.7 Å². The van der Waals surface area contributed by atoms with Crippen molar-refractivity contribution in [3.05, 3.63) is 25.3 Å². The molecule has 0 aliphatic carbocycles. The average molecular weight is 262 g/mol. The summed E-state index contributed by atoms with van der Waals surface area (Å²) in [4.78, 5) is 0. The fourth-order valence-corrected chi connectivity index (χ4v) is 0.673. The molecule has 0 spiro atoms. The van der Waals surface area contributed by atoms with Gasteiger partial charge in [0.1, 0.15) is 0 Å². The minimum atomic E-state index is -0.125. The van der Waals surface area contributed by atoms with Crippen LogP contribution in [0.4, 0.5) is 0 Å². The van der Waals surface area contributed by atoms with E-state index in [-0.39, 0.29) is 13.2 Å². The summed E-state index contributed by atoms with van der Waals surface area (Å²) in [7, 11) is 1.76. The lowest BCUT2D eigenvalue weighted by atomic mass is 10.2. The van der Waals surface area contributed by atoms with Crippen molar-refractivity contribution in [1.82, 2.24) is 0 Å². The molecule has 18 heavy (non-hydrogen) atoms. The van der Waals surface area contributed by atoms with Crippen LogP contribution < -0.4 is 0 Å². The van der Waals surface area contributed by atoms with Crippen LogP contribution in [0.1, 0.15) is 46.5 Å². The summed E-state index contributed by atoms with van der Waals surface area (Å²) in [6.45, 7) is 13.4. The third-order valence-corrected chi connectivity index (χ3v) is 1.30. The van der Waals surface area contributed by atoms with Crippen molar-refractivity contribution in [2.75, 3.05) is 26.9 Å². The highest BCUT2D eigenvalue weighted by atomic mass is 16.5. The summed E-state index contributed by atoms with van der Waals surface area (Å²) >= 11 is 0. The molecule has 0 rings (SSSR count). The van der Waals surface area contributed by atoms with Gasteiger partial charge < -0.3 is 14.9 Å². The van der Waals surface area contributed by atoms with E-state index in [1.165, 1.54) is 25.7 Å². The Bertz CT molecular complexity index is 100. The molecule has 3 nitrogen and oxygen atoms in total. The van der Waals surface area contributed by atoms with Gasteiger partial charge in [-0.3, -0.25) is 0 Å². The Morgan fingerprint density at radius 2 is 1.33 bits per heavy atom. The summed E-state index contributed by atoms with van der Waals surface area (Å²) < 4.78 is 4.89. The number of aliphatic hydroxyl groups excluding tert-OH is 2. The summed E-state index contributed by atoms with van der Waals surface area (Å²) in [5.74, 6) is 0. The van der Waals surface area contributed by atoms with E-state index in [0.717, 1.165) is 6.61 Å². The van der Waals surface area contributed by atoms with Gasteiger partial charge in [0.15, 0.2) is 0 Å². The van der Waals surface area contributed by atoms with Crippen molar-refractivity contribution in [3.8, 4) is 0 Å². The first-order chi connectivity index (χ1) is 8.66. The Hall–Kier alpha value is -0.640. The maximum atomic E-state index is 7.62. The first-order valence-corrected chi connectivity index (χ1v) is 6.51. The summed E-state index contributed by atoms with van der Waals surface area (Å²) in [5.41, 5.74) is 0. The molecule has 0 radical (unpaired) electrons. The fraction of sp³-hybridized carbons (Fsp3) is 0.733. The smallest absolute Gasteiger partial charge is 0.0662 e. The molecule has 0 saturated heterocycles. The van der Waals surface area contributed by atoms with E-state index >= 15 is 0 Å². The van der Waals surface area contributed by atoms with Gasteiger partial charge in [-0.15, -0.1) is 13.2 Å². The van der Waals surface area contributed by atoms with Gasteiger partial charge in [0.2, 0.25) is 0 Å². The predicted molar refractivity (Wildman–Crippen MR) is 81.9 cm³/mol. The number of methoxy groups -OCH3 is 1. The molecule has 0 atom stereocenters. The van der Waals surface area contributed by atoms with E-state index in [2.05, 4.69) is 20.1 Å². The zero-order valence-corrected chi connectivity index (χ0v) is 12.8. The van der Waals surface area contributed by atoms with Crippen molar-refractivity contribution in [2.24, 2.45) is 0 Å². The Morgan fingerprint density at radius 3 is 1.56 bits per heavy atom. The molecule has 0 heterocycles. The van der Waals surface area contributed by atoms with Crippen LogP contribution in [-0.4, -0.2) is 37.1 Å². The normalized spacial score (nSPS) is 7.44. The average Bonchev–Trinajstić information content (AvgIpc) is 2.37. The second-order valence-corrected chi connectivity index (χ2v) is 3.32. The van der Waals surface area contributed by atoms with E-state index in [1.54, 1.807) is 19.3 Å². The van der Waals surface area contributed by atoms with Gasteiger partial charge in [-0.2, -0.15) is 0 Å². The molecule has 0 amide bonds. The Morgan fingerprint density at radius 1 is 0.944 bits per heavy atom. The molecule has 0 aliphatic heterocycles. The molecule has 3 heteroatoms. The van der Waals surface area contributed by atoms with Crippen molar-refractivity contribution < 1.29 is 14.9 Å². The number of hydrogen-bond acceptors (Lipinski definition) is 3.